The number of hydrogen-bond donors (Lipinski definition) is 3. The summed E-state index contributed by atoms with van der Waals surface area (Å²) in [6.07, 6.45) is 0. The van der Waals surface area contributed by atoms with E-state index in [-0.39, 0.29) is 5.91 Å². The Morgan fingerprint density at radius 1 is 1.69 bits per heavy atom. The Morgan fingerprint density at radius 3 is 2.92 bits per heavy atom. The minimum atomic E-state index is -0.689. The Hall–Kier alpha value is -1.14. The van der Waals surface area contributed by atoms with Gasteiger partial charge in [0.25, 0.3) is 0 Å². The van der Waals surface area contributed by atoms with Gasteiger partial charge in [0.2, 0.25) is 11.8 Å². The molecule has 1 rings (SSSR count). The zero-order valence-electron chi connectivity index (χ0n) is 7.32. The molecular weight excluding hydrogens is 172 g/mol. The van der Waals surface area contributed by atoms with Crippen LogP contribution in [0.2, 0.25) is 0 Å². The number of nitrogens with two attached hydrogens (primary N) is 2. The van der Waals surface area contributed by atoms with Crippen LogP contribution in [0.1, 0.15) is 0 Å². The van der Waals surface area contributed by atoms with E-state index in [1.807, 2.05) is 4.90 Å². The van der Waals surface area contributed by atoms with Crippen molar-refractivity contribution >= 4 is 11.8 Å². The van der Waals surface area contributed by atoms with Crippen molar-refractivity contribution in [2.75, 3.05) is 26.2 Å². The van der Waals surface area contributed by atoms with Gasteiger partial charge in [-0.2, -0.15) is 0 Å². The summed E-state index contributed by atoms with van der Waals surface area (Å²) >= 11 is 0. The van der Waals surface area contributed by atoms with E-state index in [1.54, 1.807) is 0 Å². The molecule has 0 aromatic rings. The molecule has 0 aromatic heterocycles. The highest BCUT2D eigenvalue weighted by atomic mass is 16.2. The first-order valence-corrected chi connectivity index (χ1v) is 4.13. The van der Waals surface area contributed by atoms with Gasteiger partial charge in [-0.3, -0.25) is 14.5 Å². The van der Waals surface area contributed by atoms with Crippen LogP contribution < -0.4 is 16.8 Å². The second kappa shape index (κ2) is 4.20. The number of primary amides is 1. The summed E-state index contributed by atoms with van der Waals surface area (Å²) in [7, 11) is 0. The number of carbonyl (C=O) groups excluding carboxylic acids is 2. The molecule has 0 aromatic carbocycles. The summed E-state index contributed by atoms with van der Waals surface area (Å²) in [5.41, 5.74) is 10.4. The number of amides is 2. The molecule has 13 heavy (non-hydrogen) atoms. The van der Waals surface area contributed by atoms with Crippen LogP contribution in [0, 0.1) is 0 Å². The molecule has 1 atom stereocenters. The van der Waals surface area contributed by atoms with Gasteiger partial charge in [0.05, 0.1) is 12.6 Å². The van der Waals surface area contributed by atoms with Gasteiger partial charge in [0.1, 0.15) is 0 Å². The van der Waals surface area contributed by atoms with Crippen LogP contribution in [0.3, 0.4) is 0 Å². The quantitative estimate of drug-likeness (QED) is 0.444. The predicted molar refractivity (Wildman–Crippen MR) is 46.6 cm³/mol. The number of piperazine rings is 1. The number of rotatable bonds is 3. The van der Waals surface area contributed by atoms with E-state index in [0.29, 0.717) is 26.2 Å². The molecule has 0 saturated carbocycles. The van der Waals surface area contributed by atoms with Crippen molar-refractivity contribution < 1.29 is 9.59 Å². The highest BCUT2D eigenvalue weighted by molar-refractivity contribution is 5.80. The summed E-state index contributed by atoms with van der Waals surface area (Å²) in [4.78, 5) is 23.4. The fourth-order valence-electron chi connectivity index (χ4n) is 1.22. The first-order valence-electron chi connectivity index (χ1n) is 4.13. The Bertz CT molecular complexity index is 219. The van der Waals surface area contributed by atoms with Crippen LogP contribution in [0.4, 0.5) is 0 Å². The molecule has 1 unspecified atom stereocenters. The number of nitrogens with zero attached hydrogens (tertiary/aromatic N) is 1. The highest BCUT2D eigenvalue weighted by Crippen LogP contribution is 1.94. The first-order chi connectivity index (χ1) is 6.09. The standard InChI is InChI=1S/C7H14N4O2/c8-5(7(9)13)3-11-2-1-10-6(12)4-11/h5H,1-4,8H2,(H2,9,13)(H,10,12). The van der Waals surface area contributed by atoms with Gasteiger partial charge in [-0.05, 0) is 0 Å². The van der Waals surface area contributed by atoms with Crippen LogP contribution in [-0.4, -0.2) is 48.9 Å². The largest absolute Gasteiger partial charge is 0.368 e. The SMILES string of the molecule is NC(=O)C(N)CN1CCNC(=O)C1. The van der Waals surface area contributed by atoms with Gasteiger partial charge < -0.3 is 16.8 Å². The lowest BCUT2D eigenvalue weighted by Crippen LogP contribution is -2.53. The van der Waals surface area contributed by atoms with Crippen LogP contribution in [0.5, 0.6) is 0 Å². The maximum absolute atomic E-state index is 10.9. The first kappa shape index (κ1) is 9.94. The molecule has 0 radical (unpaired) electrons. The zero-order valence-corrected chi connectivity index (χ0v) is 7.32. The third-order valence-corrected chi connectivity index (χ3v) is 1.94. The molecule has 1 saturated heterocycles. The molecule has 1 fully saturated rings. The van der Waals surface area contributed by atoms with Gasteiger partial charge in [0, 0.05) is 19.6 Å². The van der Waals surface area contributed by atoms with Gasteiger partial charge in [0.15, 0.2) is 0 Å². The van der Waals surface area contributed by atoms with Crippen LogP contribution in [0.15, 0.2) is 0 Å². The van der Waals surface area contributed by atoms with Crippen molar-refractivity contribution in [2.45, 2.75) is 6.04 Å². The molecule has 0 spiro atoms. The topological polar surface area (TPSA) is 101 Å². The van der Waals surface area contributed by atoms with E-state index in [2.05, 4.69) is 5.32 Å². The number of carbonyl (C=O) groups is 2. The van der Waals surface area contributed by atoms with Gasteiger partial charge in [-0.15, -0.1) is 0 Å². The molecule has 6 heteroatoms. The molecule has 0 aliphatic carbocycles. The lowest BCUT2D eigenvalue weighted by molar-refractivity contribution is -0.125. The smallest absolute Gasteiger partial charge is 0.235 e. The second-order valence-electron chi connectivity index (χ2n) is 3.09. The lowest BCUT2D eigenvalue weighted by atomic mass is 10.2. The fourth-order valence-corrected chi connectivity index (χ4v) is 1.22. The van der Waals surface area contributed by atoms with E-state index >= 15 is 0 Å². The predicted octanol–water partition coefficient (Wildman–Crippen LogP) is -2.77. The molecule has 1 heterocycles. The summed E-state index contributed by atoms with van der Waals surface area (Å²) < 4.78 is 0. The lowest BCUT2D eigenvalue weighted by Gasteiger charge is -2.27. The normalized spacial score (nSPS) is 20.8. The second-order valence-corrected chi connectivity index (χ2v) is 3.09. The van der Waals surface area contributed by atoms with E-state index in [4.69, 9.17) is 11.5 Å². The van der Waals surface area contributed by atoms with E-state index in [9.17, 15) is 9.59 Å². The average Bonchev–Trinajstić information content (AvgIpc) is 2.04. The van der Waals surface area contributed by atoms with Gasteiger partial charge in [-0.25, -0.2) is 0 Å². The summed E-state index contributed by atoms with van der Waals surface area (Å²) in [5, 5.41) is 2.68. The minimum Gasteiger partial charge on any atom is -0.368 e. The maximum atomic E-state index is 10.9. The van der Waals surface area contributed by atoms with E-state index in [0.717, 1.165) is 0 Å². The Balaban J connectivity index is 2.35. The van der Waals surface area contributed by atoms with Crippen LogP contribution >= 0.6 is 0 Å². The monoisotopic (exact) mass is 186 g/mol. The zero-order chi connectivity index (χ0) is 9.84. The molecule has 1 aliphatic rings. The fraction of sp³-hybridized carbons (Fsp3) is 0.714. The minimum absolute atomic E-state index is 0.0390. The molecule has 2 amide bonds. The number of hydrogen-bond acceptors (Lipinski definition) is 4. The van der Waals surface area contributed by atoms with E-state index < -0.39 is 11.9 Å². The van der Waals surface area contributed by atoms with Gasteiger partial charge >= 0.3 is 0 Å². The molecule has 0 bridgehead atoms. The molecular formula is C7H14N4O2. The average molecular weight is 186 g/mol. The van der Waals surface area contributed by atoms with Crippen molar-refractivity contribution in [3.05, 3.63) is 0 Å². The van der Waals surface area contributed by atoms with Crippen molar-refractivity contribution in [3.8, 4) is 0 Å². The van der Waals surface area contributed by atoms with Crippen molar-refractivity contribution in [1.82, 2.24) is 10.2 Å². The molecule has 1 aliphatic heterocycles. The van der Waals surface area contributed by atoms with Crippen molar-refractivity contribution in [1.29, 1.82) is 0 Å². The van der Waals surface area contributed by atoms with Crippen LogP contribution in [-0.2, 0) is 9.59 Å². The van der Waals surface area contributed by atoms with Crippen molar-refractivity contribution in [2.24, 2.45) is 11.5 Å². The number of nitrogens with one attached hydrogen (secondary N) is 1. The molecule has 6 nitrogen and oxygen atoms in total. The summed E-state index contributed by atoms with van der Waals surface area (Å²) in [5.74, 6) is -0.575. The maximum Gasteiger partial charge on any atom is 0.235 e. The molecule has 74 valence electrons. The third-order valence-electron chi connectivity index (χ3n) is 1.94. The van der Waals surface area contributed by atoms with Crippen molar-refractivity contribution in [3.63, 3.8) is 0 Å². The summed E-state index contributed by atoms with van der Waals surface area (Å²) in [6.45, 7) is 1.96. The Labute approximate surface area is 76.2 Å². The van der Waals surface area contributed by atoms with Crippen LogP contribution in [0.25, 0.3) is 0 Å². The molecule has 5 N–H and O–H groups in total. The summed E-state index contributed by atoms with van der Waals surface area (Å²) in [6, 6.07) is -0.689. The Morgan fingerprint density at radius 2 is 2.38 bits per heavy atom. The van der Waals surface area contributed by atoms with Gasteiger partial charge in [-0.1, -0.05) is 0 Å². The highest BCUT2D eigenvalue weighted by Gasteiger charge is 2.20. The Kier molecular flexibility index (Phi) is 3.21. The third kappa shape index (κ3) is 3.00. The van der Waals surface area contributed by atoms with E-state index in [1.165, 1.54) is 0 Å².